The van der Waals surface area contributed by atoms with Crippen molar-refractivity contribution < 1.29 is 17.9 Å². The number of anilines is 1. The molecule has 2 N–H and O–H groups in total. The Labute approximate surface area is 163 Å². The van der Waals surface area contributed by atoms with Crippen LogP contribution in [0.4, 0.5) is 5.95 Å². The number of hydrogen-bond acceptors (Lipinski definition) is 5. The SMILES string of the molecule is CCN(CC)S(=O)(=O)c1cc(C(=O)Nc2nc3ccccc3[nH]2)ccc1OC. The second-order valence-electron chi connectivity index (χ2n) is 6.01. The van der Waals surface area contributed by atoms with E-state index < -0.39 is 15.9 Å². The number of rotatable bonds is 7. The number of carbonyl (C=O) groups excluding carboxylic acids is 1. The van der Waals surface area contributed by atoms with Gasteiger partial charge >= 0.3 is 0 Å². The maximum atomic E-state index is 12.9. The molecule has 0 fully saturated rings. The van der Waals surface area contributed by atoms with E-state index in [9.17, 15) is 13.2 Å². The first-order valence-electron chi connectivity index (χ1n) is 8.85. The topological polar surface area (TPSA) is 104 Å². The molecule has 8 nitrogen and oxygen atoms in total. The molecule has 0 aliphatic carbocycles. The molecule has 3 aromatic rings. The quantitative estimate of drug-likeness (QED) is 0.632. The van der Waals surface area contributed by atoms with E-state index in [4.69, 9.17) is 4.74 Å². The van der Waals surface area contributed by atoms with Gasteiger partial charge in [-0.15, -0.1) is 0 Å². The summed E-state index contributed by atoms with van der Waals surface area (Å²) in [6.45, 7) is 4.14. The summed E-state index contributed by atoms with van der Waals surface area (Å²) in [4.78, 5) is 19.9. The minimum atomic E-state index is -3.79. The number of sulfonamides is 1. The summed E-state index contributed by atoms with van der Waals surface area (Å²) in [5, 5.41) is 2.67. The monoisotopic (exact) mass is 402 g/mol. The summed E-state index contributed by atoms with van der Waals surface area (Å²) in [5.41, 5.74) is 1.70. The van der Waals surface area contributed by atoms with E-state index in [1.165, 1.54) is 29.6 Å². The number of nitrogens with one attached hydrogen (secondary N) is 2. The van der Waals surface area contributed by atoms with Gasteiger partial charge < -0.3 is 9.72 Å². The zero-order valence-corrected chi connectivity index (χ0v) is 16.7. The van der Waals surface area contributed by atoms with Gasteiger partial charge in [0.15, 0.2) is 0 Å². The van der Waals surface area contributed by atoms with Gasteiger partial charge in [0.25, 0.3) is 5.91 Å². The second kappa shape index (κ2) is 7.99. The Kier molecular flexibility index (Phi) is 5.66. The highest BCUT2D eigenvalue weighted by atomic mass is 32.2. The fraction of sp³-hybridized carbons (Fsp3) is 0.263. The number of fused-ring (bicyclic) bond motifs is 1. The number of hydrogen-bond donors (Lipinski definition) is 2. The largest absolute Gasteiger partial charge is 0.495 e. The Balaban J connectivity index is 1.94. The number of amides is 1. The third kappa shape index (κ3) is 3.71. The lowest BCUT2D eigenvalue weighted by molar-refractivity contribution is 0.102. The van der Waals surface area contributed by atoms with E-state index in [0.29, 0.717) is 13.1 Å². The number of benzene rings is 2. The predicted molar refractivity (Wildman–Crippen MR) is 107 cm³/mol. The van der Waals surface area contributed by atoms with Gasteiger partial charge in [0.2, 0.25) is 16.0 Å². The van der Waals surface area contributed by atoms with Crippen LogP contribution in [-0.2, 0) is 10.0 Å². The molecule has 0 atom stereocenters. The van der Waals surface area contributed by atoms with Gasteiger partial charge in [0.1, 0.15) is 10.6 Å². The minimum Gasteiger partial charge on any atom is -0.495 e. The highest BCUT2D eigenvalue weighted by Crippen LogP contribution is 2.28. The molecule has 1 amide bonds. The maximum absolute atomic E-state index is 12.9. The molecule has 0 saturated heterocycles. The van der Waals surface area contributed by atoms with Crippen molar-refractivity contribution in [2.75, 3.05) is 25.5 Å². The van der Waals surface area contributed by atoms with Crippen LogP contribution in [-0.4, -0.2) is 48.8 Å². The molecular weight excluding hydrogens is 380 g/mol. The van der Waals surface area contributed by atoms with Crippen molar-refractivity contribution in [2.45, 2.75) is 18.7 Å². The fourth-order valence-corrected chi connectivity index (χ4v) is 4.55. The molecule has 0 bridgehead atoms. The van der Waals surface area contributed by atoms with Crippen molar-refractivity contribution in [1.82, 2.24) is 14.3 Å². The minimum absolute atomic E-state index is 0.0454. The molecular formula is C19H22N4O4S. The number of H-pyrrole nitrogens is 1. The lowest BCUT2D eigenvalue weighted by Gasteiger charge is -2.20. The van der Waals surface area contributed by atoms with Crippen LogP contribution in [0.2, 0.25) is 0 Å². The van der Waals surface area contributed by atoms with Gasteiger partial charge in [-0.3, -0.25) is 10.1 Å². The Morgan fingerprint density at radius 3 is 2.54 bits per heavy atom. The van der Waals surface area contributed by atoms with Crippen LogP contribution in [0, 0.1) is 0 Å². The number of imidazole rings is 1. The van der Waals surface area contributed by atoms with Gasteiger partial charge in [0, 0.05) is 18.7 Å². The number of aromatic nitrogens is 2. The molecule has 0 radical (unpaired) electrons. The maximum Gasteiger partial charge on any atom is 0.258 e. The molecule has 2 aromatic carbocycles. The third-order valence-corrected chi connectivity index (χ3v) is 6.44. The average Bonchev–Trinajstić information content (AvgIpc) is 3.10. The molecule has 3 rings (SSSR count). The van der Waals surface area contributed by atoms with E-state index in [-0.39, 0.29) is 22.2 Å². The fourth-order valence-electron chi connectivity index (χ4n) is 2.91. The molecule has 0 saturated carbocycles. The third-order valence-electron chi connectivity index (χ3n) is 4.37. The van der Waals surface area contributed by atoms with Crippen LogP contribution < -0.4 is 10.1 Å². The molecule has 148 valence electrons. The molecule has 1 aromatic heterocycles. The van der Waals surface area contributed by atoms with Crippen molar-refractivity contribution in [3.8, 4) is 5.75 Å². The van der Waals surface area contributed by atoms with Crippen LogP contribution in [0.15, 0.2) is 47.4 Å². The molecule has 9 heteroatoms. The van der Waals surface area contributed by atoms with Gasteiger partial charge in [0.05, 0.1) is 18.1 Å². The first kappa shape index (κ1) is 19.8. The molecule has 1 heterocycles. The summed E-state index contributed by atoms with van der Waals surface area (Å²) in [6.07, 6.45) is 0. The van der Waals surface area contributed by atoms with E-state index in [0.717, 1.165) is 11.0 Å². The van der Waals surface area contributed by atoms with E-state index >= 15 is 0 Å². The van der Waals surface area contributed by atoms with Crippen molar-refractivity contribution in [2.24, 2.45) is 0 Å². The molecule has 0 spiro atoms. The standard InChI is InChI=1S/C19H22N4O4S/c1-4-23(5-2)28(25,26)17-12-13(10-11-16(17)27-3)18(24)22-19-20-14-8-6-7-9-15(14)21-19/h6-12H,4-5H2,1-3H3,(H2,20,21,22,24). The van der Waals surface area contributed by atoms with Gasteiger partial charge in [-0.25, -0.2) is 13.4 Å². The Morgan fingerprint density at radius 1 is 1.18 bits per heavy atom. The predicted octanol–water partition coefficient (Wildman–Crippen LogP) is 2.85. The first-order valence-corrected chi connectivity index (χ1v) is 10.3. The lowest BCUT2D eigenvalue weighted by atomic mass is 10.2. The number of nitrogens with zero attached hydrogens (tertiary/aromatic N) is 2. The molecule has 0 unspecified atom stereocenters. The van der Waals surface area contributed by atoms with Crippen molar-refractivity contribution in [1.29, 1.82) is 0 Å². The normalized spacial score (nSPS) is 11.7. The smallest absolute Gasteiger partial charge is 0.258 e. The lowest BCUT2D eigenvalue weighted by Crippen LogP contribution is -2.31. The number of aromatic amines is 1. The first-order chi connectivity index (χ1) is 13.4. The van der Waals surface area contributed by atoms with Crippen molar-refractivity contribution in [3.63, 3.8) is 0 Å². The van der Waals surface area contributed by atoms with Crippen LogP contribution in [0.25, 0.3) is 11.0 Å². The van der Waals surface area contributed by atoms with Crippen LogP contribution >= 0.6 is 0 Å². The summed E-state index contributed by atoms with van der Waals surface area (Å²) in [5.74, 6) is 0.0000568. The molecule has 28 heavy (non-hydrogen) atoms. The zero-order valence-electron chi connectivity index (χ0n) is 15.9. The van der Waals surface area contributed by atoms with Crippen LogP contribution in [0.3, 0.4) is 0 Å². The summed E-state index contributed by atoms with van der Waals surface area (Å²) in [7, 11) is -2.39. The average molecular weight is 402 g/mol. The Bertz CT molecular complexity index is 1070. The van der Waals surface area contributed by atoms with Crippen LogP contribution in [0.5, 0.6) is 5.75 Å². The van der Waals surface area contributed by atoms with E-state index in [2.05, 4.69) is 15.3 Å². The van der Waals surface area contributed by atoms with E-state index in [1.54, 1.807) is 13.8 Å². The van der Waals surface area contributed by atoms with Crippen molar-refractivity contribution >= 4 is 32.9 Å². The van der Waals surface area contributed by atoms with E-state index in [1.807, 2.05) is 24.3 Å². The van der Waals surface area contributed by atoms with Crippen molar-refractivity contribution in [3.05, 3.63) is 48.0 Å². The number of para-hydroxylation sites is 2. The number of ether oxygens (including phenoxy) is 1. The highest BCUT2D eigenvalue weighted by Gasteiger charge is 2.27. The second-order valence-corrected chi connectivity index (χ2v) is 7.92. The Morgan fingerprint density at radius 2 is 1.89 bits per heavy atom. The van der Waals surface area contributed by atoms with Crippen LogP contribution in [0.1, 0.15) is 24.2 Å². The molecule has 0 aliphatic rings. The number of methoxy groups -OCH3 is 1. The van der Waals surface area contributed by atoms with Gasteiger partial charge in [-0.2, -0.15) is 4.31 Å². The number of carbonyl (C=O) groups is 1. The summed E-state index contributed by atoms with van der Waals surface area (Å²) < 4.78 is 32.4. The molecule has 0 aliphatic heterocycles. The summed E-state index contributed by atoms with van der Waals surface area (Å²) >= 11 is 0. The summed E-state index contributed by atoms with van der Waals surface area (Å²) in [6, 6.07) is 11.7. The Hall–Kier alpha value is -2.91. The zero-order chi connectivity index (χ0) is 20.3. The van der Waals surface area contributed by atoms with Gasteiger partial charge in [-0.05, 0) is 30.3 Å². The van der Waals surface area contributed by atoms with Gasteiger partial charge in [-0.1, -0.05) is 26.0 Å². The highest BCUT2D eigenvalue weighted by molar-refractivity contribution is 7.89.